The average molecular weight is 197 g/mol. The van der Waals surface area contributed by atoms with Crippen LogP contribution in [0.2, 0.25) is 0 Å². The number of ether oxygens (including phenoxy) is 1. The van der Waals surface area contributed by atoms with Gasteiger partial charge in [0.25, 0.3) is 0 Å². The third-order valence-corrected chi connectivity index (χ3v) is 2.55. The topological polar surface area (TPSA) is 35.2 Å². The first-order valence-corrected chi connectivity index (χ1v) is 4.64. The third-order valence-electron chi connectivity index (χ3n) is 2.55. The molecule has 14 heavy (non-hydrogen) atoms. The first-order valence-electron chi connectivity index (χ1n) is 4.64. The zero-order valence-corrected chi connectivity index (χ0v) is 8.80. The molecule has 0 fully saturated rings. The molecule has 1 rings (SSSR count). The van der Waals surface area contributed by atoms with E-state index >= 15 is 0 Å². The summed E-state index contributed by atoms with van der Waals surface area (Å²) in [7, 11) is 1.44. The highest BCUT2D eigenvalue weighted by atomic mass is 19.1. The largest absolute Gasteiger partial charge is 0.494 e. The summed E-state index contributed by atoms with van der Waals surface area (Å²) in [5.74, 6) is -0.115. The number of benzene rings is 1. The Morgan fingerprint density at radius 3 is 2.57 bits per heavy atom. The molecule has 1 aromatic rings. The second kappa shape index (κ2) is 3.96. The van der Waals surface area contributed by atoms with Gasteiger partial charge in [0.1, 0.15) is 0 Å². The fourth-order valence-corrected chi connectivity index (χ4v) is 1.23. The molecule has 0 saturated heterocycles. The zero-order chi connectivity index (χ0) is 10.8. The zero-order valence-electron chi connectivity index (χ0n) is 8.80. The Hall–Kier alpha value is -1.09. The van der Waals surface area contributed by atoms with E-state index in [-0.39, 0.29) is 11.6 Å². The van der Waals surface area contributed by atoms with Crippen LogP contribution in [-0.4, -0.2) is 7.11 Å². The molecule has 0 amide bonds. The van der Waals surface area contributed by atoms with Crippen molar-refractivity contribution in [1.82, 2.24) is 0 Å². The molecule has 0 aliphatic rings. The standard InChI is InChI=1S/C11H16FNO/c1-4-11(2,13)8-5-6-10(14-3)9(12)7-8/h5-7H,4,13H2,1-3H3/t11-/m1/s1. The smallest absolute Gasteiger partial charge is 0.165 e. The summed E-state index contributed by atoms with van der Waals surface area (Å²) in [4.78, 5) is 0. The van der Waals surface area contributed by atoms with Crippen molar-refractivity contribution >= 4 is 0 Å². The van der Waals surface area contributed by atoms with E-state index < -0.39 is 5.54 Å². The molecule has 3 heteroatoms. The molecule has 0 heterocycles. The van der Waals surface area contributed by atoms with Crippen molar-refractivity contribution in [3.05, 3.63) is 29.6 Å². The Labute approximate surface area is 83.9 Å². The first kappa shape index (κ1) is 11.0. The number of hydrogen-bond donors (Lipinski definition) is 1. The summed E-state index contributed by atoms with van der Waals surface area (Å²) >= 11 is 0. The number of halogens is 1. The maximum atomic E-state index is 13.3. The lowest BCUT2D eigenvalue weighted by Gasteiger charge is -2.23. The minimum atomic E-state index is -0.479. The van der Waals surface area contributed by atoms with E-state index in [9.17, 15) is 4.39 Å². The molecule has 2 N–H and O–H groups in total. The fraction of sp³-hybridized carbons (Fsp3) is 0.455. The van der Waals surface area contributed by atoms with E-state index in [1.165, 1.54) is 13.2 Å². The van der Waals surface area contributed by atoms with Gasteiger partial charge in [-0.3, -0.25) is 0 Å². The van der Waals surface area contributed by atoms with Crippen LogP contribution in [0.1, 0.15) is 25.8 Å². The van der Waals surface area contributed by atoms with Crippen molar-refractivity contribution in [1.29, 1.82) is 0 Å². The van der Waals surface area contributed by atoms with Gasteiger partial charge in [0, 0.05) is 5.54 Å². The third kappa shape index (κ3) is 2.04. The normalized spacial score (nSPS) is 14.9. The van der Waals surface area contributed by atoms with Crippen LogP contribution in [0.5, 0.6) is 5.75 Å². The van der Waals surface area contributed by atoms with Gasteiger partial charge in [-0.2, -0.15) is 0 Å². The summed E-state index contributed by atoms with van der Waals surface area (Å²) in [5, 5.41) is 0. The molecule has 1 atom stereocenters. The van der Waals surface area contributed by atoms with Crippen molar-refractivity contribution in [2.75, 3.05) is 7.11 Å². The van der Waals surface area contributed by atoms with Gasteiger partial charge in [0.05, 0.1) is 7.11 Å². The molecule has 0 radical (unpaired) electrons. The maximum Gasteiger partial charge on any atom is 0.165 e. The Morgan fingerprint density at radius 2 is 2.14 bits per heavy atom. The lowest BCUT2D eigenvalue weighted by molar-refractivity contribution is 0.383. The Balaban J connectivity index is 3.08. The first-order chi connectivity index (χ1) is 6.51. The van der Waals surface area contributed by atoms with E-state index in [4.69, 9.17) is 10.5 Å². The van der Waals surface area contributed by atoms with Crippen molar-refractivity contribution in [2.24, 2.45) is 5.73 Å². The van der Waals surface area contributed by atoms with Crippen LogP contribution >= 0.6 is 0 Å². The molecule has 0 aliphatic carbocycles. The molecule has 0 spiro atoms. The number of rotatable bonds is 3. The molecule has 0 bridgehead atoms. The SMILES string of the molecule is CC[C@@](C)(N)c1ccc(OC)c(F)c1. The highest BCUT2D eigenvalue weighted by Gasteiger charge is 2.19. The molecular formula is C11H16FNO. The van der Waals surface area contributed by atoms with Gasteiger partial charge >= 0.3 is 0 Å². The second-order valence-electron chi connectivity index (χ2n) is 3.62. The van der Waals surface area contributed by atoms with E-state index in [1.807, 2.05) is 13.8 Å². The van der Waals surface area contributed by atoms with Gasteiger partial charge < -0.3 is 10.5 Å². The summed E-state index contributed by atoms with van der Waals surface area (Å²) in [6.45, 7) is 3.86. The lowest BCUT2D eigenvalue weighted by Crippen LogP contribution is -2.31. The molecule has 0 unspecified atom stereocenters. The molecular weight excluding hydrogens is 181 g/mol. The van der Waals surface area contributed by atoms with Crippen molar-refractivity contribution < 1.29 is 9.13 Å². The molecule has 0 aliphatic heterocycles. The van der Waals surface area contributed by atoms with Gasteiger partial charge in [-0.25, -0.2) is 4.39 Å². The Bertz CT molecular complexity index is 323. The minimum absolute atomic E-state index is 0.251. The van der Waals surface area contributed by atoms with Crippen molar-refractivity contribution in [3.63, 3.8) is 0 Å². The molecule has 0 saturated carbocycles. The van der Waals surface area contributed by atoms with Crippen LogP contribution in [0.25, 0.3) is 0 Å². The second-order valence-corrected chi connectivity index (χ2v) is 3.62. The minimum Gasteiger partial charge on any atom is -0.494 e. The summed E-state index contributed by atoms with van der Waals surface area (Å²) in [6.07, 6.45) is 0.763. The number of hydrogen-bond acceptors (Lipinski definition) is 2. The predicted octanol–water partition coefficient (Wildman–Crippen LogP) is 2.42. The van der Waals surface area contributed by atoms with Crippen molar-refractivity contribution in [3.8, 4) is 5.75 Å². The summed E-state index contributed by atoms with van der Waals surface area (Å²) < 4.78 is 18.2. The molecule has 1 aromatic carbocycles. The number of methoxy groups -OCH3 is 1. The van der Waals surface area contributed by atoms with Gasteiger partial charge in [-0.05, 0) is 31.0 Å². The van der Waals surface area contributed by atoms with Crippen molar-refractivity contribution in [2.45, 2.75) is 25.8 Å². The molecule has 0 aromatic heterocycles. The Morgan fingerprint density at radius 1 is 1.50 bits per heavy atom. The molecule has 78 valence electrons. The van der Waals surface area contributed by atoms with E-state index in [0.717, 1.165) is 12.0 Å². The highest BCUT2D eigenvalue weighted by molar-refractivity contribution is 5.32. The van der Waals surface area contributed by atoms with Crippen LogP contribution in [0.4, 0.5) is 4.39 Å². The Kier molecular flexibility index (Phi) is 3.11. The maximum absolute atomic E-state index is 13.3. The van der Waals surface area contributed by atoms with Gasteiger partial charge in [-0.15, -0.1) is 0 Å². The van der Waals surface area contributed by atoms with Crippen LogP contribution in [-0.2, 0) is 5.54 Å². The number of nitrogens with two attached hydrogens (primary N) is 1. The van der Waals surface area contributed by atoms with Gasteiger partial charge in [0.15, 0.2) is 11.6 Å². The molecule has 2 nitrogen and oxygen atoms in total. The quantitative estimate of drug-likeness (QED) is 0.807. The van der Waals surface area contributed by atoms with Crippen LogP contribution < -0.4 is 10.5 Å². The predicted molar refractivity (Wildman–Crippen MR) is 54.8 cm³/mol. The van der Waals surface area contributed by atoms with Crippen LogP contribution in [0.15, 0.2) is 18.2 Å². The highest BCUT2D eigenvalue weighted by Crippen LogP contribution is 2.25. The lowest BCUT2D eigenvalue weighted by atomic mass is 9.90. The van der Waals surface area contributed by atoms with E-state index in [1.54, 1.807) is 12.1 Å². The fourth-order valence-electron chi connectivity index (χ4n) is 1.23. The summed E-state index contributed by atoms with van der Waals surface area (Å²) in [5.41, 5.74) is 6.30. The monoisotopic (exact) mass is 197 g/mol. The average Bonchev–Trinajstić information content (AvgIpc) is 2.17. The van der Waals surface area contributed by atoms with E-state index in [0.29, 0.717) is 0 Å². The van der Waals surface area contributed by atoms with Gasteiger partial charge in [0.2, 0.25) is 0 Å². The van der Waals surface area contributed by atoms with Crippen LogP contribution in [0.3, 0.4) is 0 Å². The van der Waals surface area contributed by atoms with E-state index in [2.05, 4.69) is 0 Å². The van der Waals surface area contributed by atoms with Crippen LogP contribution in [0, 0.1) is 5.82 Å². The summed E-state index contributed by atoms with van der Waals surface area (Å²) in [6, 6.07) is 4.83. The van der Waals surface area contributed by atoms with Gasteiger partial charge in [-0.1, -0.05) is 13.0 Å².